The van der Waals surface area contributed by atoms with Crippen molar-refractivity contribution in [2.75, 3.05) is 16.9 Å². The first kappa shape index (κ1) is 16.1. The van der Waals surface area contributed by atoms with Gasteiger partial charge in [-0.05, 0) is 24.3 Å². The van der Waals surface area contributed by atoms with Crippen LogP contribution in [0.5, 0.6) is 0 Å². The van der Waals surface area contributed by atoms with E-state index in [0.29, 0.717) is 22.7 Å². The second-order valence-corrected chi connectivity index (χ2v) is 7.04. The van der Waals surface area contributed by atoms with Crippen LogP contribution in [0.4, 0.5) is 16.5 Å². The van der Waals surface area contributed by atoms with Gasteiger partial charge in [-0.3, -0.25) is 5.10 Å². The van der Waals surface area contributed by atoms with Crippen LogP contribution >= 0.6 is 23.1 Å². The third kappa shape index (κ3) is 2.98. The summed E-state index contributed by atoms with van der Waals surface area (Å²) in [7, 11) is 0. The second-order valence-electron chi connectivity index (χ2n) is 5.91. The van der Waals surface area contributed by atoms with Crippen molar-refractivity contribution in [2.45, 2.75) is 0 Å². The number of anilines is 3. The summed E-state index contributed by atoms with van der Waals surface area (Å²) in [6.07, 6.45) is 5.28. The maximum atomic E-state index is 6.46. The second kappa shape index (κ2) is 6.57. The minimum atomic E-state index is 0.510. The van der Waals surface area contributed by atoms with Crippen molar-refractivity contribution in [2.24, 2.45) is 0 Å². The third-order valence-electron chi connectivity index (χ3n) is 4.21. The molecule has 0 amide bonds. The Balaban J connectivity index is 1.42. The first-order valence-corrected chi connectivity index (χ1v) is 9.31. The fourth-order valence-corrected chi connectivity index (χ4v) is 3.72. The van der Waals surface area contributed by atoms with Gasteiger partial charge in [0.05, 0.1) is 22.4 Å². The summed E-state index contributed by atoms with van der Waals surface area (Å²) in [4.78, 5) is 6.61. The Kier molecular flexibility index (Phi) is 3.92. The largest absolute Gasteiger partial charge is 0.479 e. The number of halogens is 1. The summed E-state index contributed by atoms with van der Waals surface area (Å²) >= 11 is 7.75. The van der Waals surface area contributed by atoms with Gasteiger partial charge in [-0.25, -0.2) is 0 Å². The van der Waals surface area contributed by atoms with Crippen molar-refractivity contribution in [1.82, 2.24) is 19.6 Å². The highest BCUT2D eigenvalue weighted by atomic mass is 35.5. The Morgan fingerprint density at radius 2 is 2.22 bits per heavy atom. The number of hydrogen-bond acceptors (Lipinski definition) is 7. The lowest BCUT2D eigenvalue weighted by atomic mass is 10.2. The van der Waals surface area contributed by atoms with Gasteiger partial charge in [0, 0.05) is 34.4 Å². The highest BCUT2D eigenvalue weighted by Gasteiger charge is 2.13. The molecule has 27 heavy (non-hydrogen) atoms. The van der Waals surface area contributed by atoms with Crippen molar-refractivity contribution in [1.29, 1.82) is 0 Å². The van der Waals surface area contributed by atoms with Crippen molar-refractivity contribution in [3.8, 4) is 11.4 Å². The molecule has 2 N–H and O–H groups in total. The van der Waals surface area contributed by atoms with Crippen LogP contribution in [-0.4, -0.2) is 26.3 Å². The number of rotatable bonds is 4. The molecule has 5 rings (SSSR count). The molecule has 0 bridgehead atoms. The highest BCUT2D eigenvalue weighted by Crippen LogP contribution is 2.33. The average molecular weight is 397 g/mol. The number of nitrogens with one attached hydrogen (secondary N) is 2. The van der Waals surface area contributed by atoms with Crippen LogP contribution in [0.25, 0.3) is 22.3 Å². The molecule has 9 heteroatoms. The van der Waals surface area contributed by atoms with Crippen LogP contribution in [0.15, 0.2) is 55.1 Å². The van der Waals surface area contributed by atoms with Crippen molar-refractivity contribution in [3.05, 3.63) is 60.1 Å². The fraction of sp³-hybridized carbons (Fsp3) is 0.0556. The SMILES string of the molecule is Clc1c(Nc2nc(-c3cccc(N4C=COC4)c3)ns2)ccc2[nH]ncc12. The first-order valence-electron chi connectivity index (χ1n) is 8.15. The van der Waals surface area contributed by atoms with E-state index in [1.165, 1.54) is 11.5 Å². The summed E-state index contributed by atoms with van der Waals surface area (Å²) < 4.78 is 9.72. The van der Waals surface area contributed by atoms with Gasteiger partial charge < -0.3 is 15.0 Å². The van der Waals surface area contributed by atoms with Gasteiger partial charge in [0.2, 0.25) is 5.13 Å². The Hall–Kier alpha value is -3.10. The summed E-state index contributed by atoms with van der Waals surface area (Å²) in [5.41, 5.74) is 3.62. The Labute approximate surface area is 163 Å². The molecule has 0 saturated carbocycles. The van der Waals surface area contributed by atoms with Gasteiger partial charge in [0.15, 0.2) is 12.6 Å². The topological polar surface area (TPSA) is 79.0 Å². The lowest BCUT2D eigenvalue weighted by Crippen LogP contribution is -2.12. The lowest BCUT2D eigenvalue weighted by molar-refractivity contribution is 0.282. The predicted octanol–water partition coefficient (Wildman–Crippen LogP) is 4.74. The molecule has 4 aromatic rings. The van der Waals surface area contributed by atoms with Crippen LogP contribution in [0.1, 0.15) is 0 Å². The zero-order chi connectivity index (χ0) is 18.2. The molecule has 0 saturated heterocycles. The van der Waals surface area contributed by atoms with E-state index in [1.807, 2.05) is 47.5 Å². The average Bonchev–Trinajstić information content (AvgIpc) is 3.46. The predicted molar refractivity (Wildman–Crippen MR) is 107 cm³/mol. The molecule has 3 heterocycles. The molecule has 0 fully saturated rings. The molecular formula is C18H13ClN6OS. The number of fused-ring (bicyclic) bond motifs is 1. The van der Waals surface area contributed by atoms with Gasteiger partial charge in [-0.1, -0.05) is 23.7 Å². The third-order valence-corrected chi connectivity index (χ3v) is 5.25. The molecule has 0 spiro atoms. The Morgan fingerprint density at radius 3 is 3.11 bits per heavy atom. The number of benzene rings is 2. The van der Waals surface area contributed by atoms with E-state index in [1.54, 1.807) is 12.5 Å². The first-order chi connectivity index (χ1) is 13.3. The molecule has 2 aromatic heterocycles. The van der Waals surface area contributed by atoms with E-state index < -0.39 is 0 Å². The minimum absolute atomic E-state index is 0.510. The number of nitrogens with zero attached hydrogens (tertiary/aromatic N) is 4. The number of ether oxygens (including phenoxy) is 1. The lowest BCUT2D eigenvalue weighted by Gasteiger charge is -2.14. The molecule has 1 aliphatic rings. The van der Waals surface area contributed by atoms with E-state index in [9.17, 15) is 0 Å². The van der Waals surface area contributed by atoms with Gasteiger partial charge in [-0.15, -0.1) is 0 Å². The van der Waals surface area contributed by atoms with Crippen LogP contribution in [0.2, 0.25) is 5.02 Å². The van der Waals surface area contributed by atoms with E-state index >= 15 is 0 Å². The van der Waals surface area contributed by atoms with E-state index in [4.69, 9.17) is 16.3 Å². The molecule has 2 aromatic carbocycles. The zero-order valence-electron chi connectivity index (χ0n) is 13.9. The molecule has 0 atom stereocenters. The molecule has 0 radical (unpaired) electrons. The van der Waals surface area contributed by atoms with Crippen molar-refractivity contribution >= 4 is 50.5 Å². The van der Waals surface area contributed by atoms with Gasteiger partial charge in [-0.2, -0.15) is 14.5 Å². The van der Waals surface area contributed by atoms with E-state index in [2.05, 4.69) is 24.9 Å². The van der Waals surface area contributed by atoms with Crippen LogP contribution in [-0.2, 0) is 4.74 Å². The Morgan fingerprint density at radius 1 is 1.26 bits per heavy atom. The van der Waals surface area contributed by atoms with E-state index in [-0.39, 0.29) is 0 Å². The van der Waals surface area contributed by atoms with Crippen LogP contribution in [0.3, 0.4) is 0 Å². The standard InChI is InChI=1S/C18H13ClN6OS/c19-16-13-9-20-23-14(13)4-5-15(16)21-18-22-17(24-27-18)11-2-1-3-12(8-11)25-6-7-26-10-25/h1-9H,10H2,(H,20,23)(H,21,22,24). The fourth-order valence-electron chi connectivity index (χ4n) is 2.85. The zero-order valence-corrected chi connectivity index (χ0v) is 15.5. The maximum absolute atomic E-state index is 6.46. The highest BCUT2D eigenvalue weighted by molar-refractivity contribution is 7.10. The molecule has 134 valence electrons. The molecule has 7 nitrogen and oxygen atoms in total. The summed E-state index contributed by atoms with van der Waals surface area (Å²) in [6.45, 7) is 0.510. The summed E-state index contributed by atoms with van der Waals surface area (Å²) in [5, 5.41) is 12.3. The Bertz CT molecular complexity index is 1150. The van der Waals surface area contributed by atoms with Gasteiger partial charge in [0.1, 0.15) is 6.26 Å². The molecule has 1 aliphatic heterocycles. The van der Waals surface area contributed by atoms with Crippen molar-refractivity contribution < 1.29 is 4.74 Å². The number of aromatic amines is 1. The van der Waals surface area contributed by atoms with Crippen LogP contribution < -0.4 is 10.2 Å². The summed E-state index contributed by atoms with van der Waals surface area (Å²) in [5.74, 6) is 0.661. The smallest absolute Gasteiger partial charge is 0.207 e. The monoisotopic (exact) mass is 396 g/mol. The van der Waals surface area contributed by atoms with Crippen molar-refractivity contribution in [3.63, 3.8) is 0 Å². The number of aromatic nitrogens is 4. The molecular weight excluding hydrogens is 384 g/mol. The number of hydrogen-bond donors (Lipinski definition) is 2. The quantitative estimate of drug-likeness (QED) is 0.518. The number of H-pyrrole nitrogens is 1. The maximum Gasteiger partial charge on any atom is 0.207 e. The van der Waals surface area contributed by atoms with Crippen LogP contribution in [0, 0.1) is 0 Å². The minimum Gasteiger partial charge on any atom is -0.479 e. The normalized spacial score (nSPS) is 13.3. The molecule has 0 unspecified atom stereocenters. The molecule has 0 aliphatic carbocycles. The van der Waals surface area contributed by atoms with Gasteiger partial charge >= 0.3 is 0 Å². The van der Waals surface area contributed by atoms with Gasteiger partial charge in [0.25, 0.3) is 0 Å². The van der Waals surface area contributed by atoms with E-state index in [0.717, 1.165) is 27.8 Å². The summed E-state index contributed by atoms with van der Waals surface area (Å²) in [6, 6.07) is 11.8.